The van der Waals surface area contributed by atoms with E-state index in [1.165, 1.54) is 6.07 Å². The maximum atomic E-state index is 13.9. The fourth-order valence-electron chi connectivity index (χ4n) is 3.91. The lowest BCUT2D eigenvalue weighted by Gasteiger charge is -2.14. The van der Waals surface area contributed by atoms with Gasteiger partial charge >= 0.3 is 6.18 Å². The normalized spacial score (nSPS) is 11.9. The summed E-state index contributed by atoms with van der Waals surface area (Å²) in [6.45, 7) is 5.78. The molecule has 0 fully saturated rings. The van der Waals surface area contributed by atoms with E-state index in [0.717, 1.165) is 22.5 Å². The minimum atomic E-state index is -4.54. The van der Waals surface area contributed by atoms with Gasteiger partial charge in [0.25, 0.3) is 5.89 Å². The zero-order valence-corrected chi connectivity index (χ0v) is 17.4. The van der Waals surface area contributed by atoms with Crippen molar-refractivity contribution in [3.05, 3.63) is 98.0 Å². The molecule has 164 valence electrons. The number of nitrogens with zero attached hydrogens (tertiary/aromatic N) is 3. The summed E-state index contributed by atoms with van der Waals surface area (Å²) < 4.78 is 48.9. The Morgan fingerprint density at radius 2 is 1.73 bits per heavy atom. The summed E-state index contributed by atoms with van der Waals surface area (Å²) in [5.74, 6) is 0.333. The molecular formula is C26H18F3N3O. The third-order valence-corrected chi connectivity index (χ3v) is 5.41. The van der Waals surface area contributed by atoms with Gasteiger partial charge in [-0.05, 0) is 41.8 Å². The molecule has 2 radical (unpaired) electrons. The van der Waals surface area contributed by atoms with Crippen molar-refractivity contribution in [2.75, 3.05) is 0 Å². The molecule has 7 heteroatoms. The minimum Gasteiger partial charge on any atom is -0.342 e. The molecule has 0 amide bonds. The molecule has 0 aliphatic carbocycles. The van der Waals surface area contributed by atoms with Crippen LogP contribution >= 0.6 is 0 Å². The number of benzene rings is 3. The molecule has 3 aromatic carbocycles. The number of hydrogen-bond donors (Lipinski definition) is 0. The van der Waals surface area contributed by atoms with Crippen molar-refractivity contribution in [3.8, 4) is 34.0 Å². The van der Waals surface area contributed by atoms with Crippen molar-refractivity contribution in [3.63, 3.8) is 0 Å². The molecule has 0 unspecified atom stereocenters. The Labute approximate surface area is 188 Å². The Hall–Kier alpha value is -3.87. The molecule has 2 aromatic heterocycles. The number of fused-ring (bicyclic) bond motifs is 1. The van der Waals surface area contributed by atoms with Crippen LogP contribution in [-0.4, -0.2) is 14.7 Å². The number of rotatable bonds is 5. The molecule has 0 spiro atoms. The fourth-order valence-corrected chi connectivity index (χ4v) is 3.91. The summed E-state index contributed by atoms with van der Waals surface area (Å²) in [4.78, 5) is 4.40. The van der Waals surface area contributed by atoms with Gasteiger partial charge in [0.05, 0.1) is 12.1 Å². The lowest BCUT2D eigenvalue weighted by Crippen LogP contribution is -2.07. The second-order valence-electron chi connectivity index (χ2n) is 7.48. The van der Waals surface area contributed by atoms with Gasteiger partial charge < -0.3 is 9.09 Å². The van der Waals surface area contributed by atoms with Gasteiger partial charge in [0.2, 0.25) is 5.82 Å². The Bertz CT molecular complexity index is 1420. The van der Waals surface area contributed by atoms with Crippen molar-refractivity contribution in [1.29, 1.82) is 0 Å². The van der Waals surface area contributed by atoms with Crippen molar-refractivity contribution >= 4 is 10.9 Å². The molecule has 0 aliphatic rings. The van der Waals surface area contributed by atoms with Crippen LogP contribution in [0.2, 0.25) is 0 Å². The molecule has 0 bridgehead atoms. The summed E-state index contributed by atoms with van der Waals surface area (Å²) in [6.07, 6.45) is -2.00. The van der Waals surface area contributed by atoms with E-state index in [9.17, 15) is 13.2 Å². The molecular weight excluding hydrogens is 427 g/mol. The summed E-state index contributed by atoms with van der Waals surface area (Å²) in [5.41, 5.74) is 1.71. The van der Waals surface area contributed by atoms with E-state index in [1.54, 1.807) is 36.4 Å². The van der Waals surface area contributed by atoms with Crippen LogP contribution in [-0.2, 0) is 6.18 Å². The Kier molecular flexibility index (Phi) is 5.24. The molecule has 2 heterocycles. The van der Waals surface area contributed by atoms with Crippen LogP contribution in [0.5, 0.6) is 0 Å². The second kappa shape index (κ2) is 8.24. The lowest BCUT2D eigenvalue weighted by molar-refractivity contribution is -0.137. The zero-order chi connectivity index (χ0) is 23.0. The topological polar surface area (TPSA) is 43.9 Å². The van der Waals surface area contributed by atoms with Crippen LogP contribution in [0.4, 0.5) is 13.2 Å². The quantitative estimate of drug-likeness (QED) is 0.286. The predicted octanol–water partition coefficient (Wildman–Crippen LogP) is 7.28. The average Bonchev–Trinajstić information content (AvgIpc) is 3.47. The highest BCUT2D eigenvalue weighted by atomic mass is 19.4. The highest BCUT2D eigenvalue weighted by Gasteiger charge is 2.34. The molecule has 5 rings (SSSR count). The first-order valence-electron chi connectivity index (χ1n) is 10.3. The number of hydrogen-bond acceptors (Lipinski definition) is 3. The Balaban J connectivity index is 1.56. The smallest absolute Gasteiger partial charge is 0.342 e. The van der Waals surface area contributed by atoms with Crippen LogP contribution in [0.1, 0.15) is 12.0 Å². The first kappa shape index (κ1) is 21.0. The monoisotopic (exact) mass is 445 g/mol. The molecule has 0 atom stereocenters. The van der Waals surface area contributed by atoms with Gasteiger partial charge in [0, 0.05) is 28.2 Å². The molecule has 0 saturated carbocycles. The van der Waals surface area contributed by atoms with Crippen LogP contribution < -0.4 is 0 Å². The number of alkyl halides is 3. The average molecular weight is 445 g/mol. The van der Waals surface area contributed by atoms with Gasteiger partial charge in [-0.3, -0.25) is 0 Å². The van der Waals surface area contributed by atoms with Gasteiger partial charge in [-0.25, -0.2) is 0 Å². The molecule has 0 aliphatic heterocycles. The third-order valence-electron chi connectivity index (χ3n) is 5.41. The molecule has 33 heavy (non-hydrogen) atoms. The number of halogens is 3. The van der Waals surface area contributed by atoms with E-state index in [4.69, 9.17) is 4.52 Å². The van der Waals surface area contributed by atoms with E-state index < -0.39 is 11.7 Å². The molecule has 0 saturated heterocycles. The van der Waals surface area contributed by atoms with Crippen LogP contribution in [0.3, 0.4) is 0 Å². The summed E-state index contributed by atoms with van der Waals surface area (Å²) >= 11 is 0. The van der Waals surface area contributed by atoms with Crippen molar-refractivity contribution in [2.24, 2.45) is 0 Å². The minimum absolute atomic E-state index is 0.0240. The highest BCUT2D eigenvalue weighted by Crippen LogP contribution is 2.39. The van der Waals surface area contributed by atoms with Gasteiger partial charge in [-0.2, -0.15) is 18.2 Å². The highest BCUT2D eigenvalue weighted by molar-refractivity contribution is 5.94. The summed E-state index contributed by atoms with van der Waals surface area (Å²) in [7, 11) is 0. The predicted molar refractivity (Wildman–Crippen MR) is 121 cm³/mol. The maximum Gasteiger partial charge on any atom is 0.417 e. The molecule has 5 aromatic rings. The van der Waals surface area contributed by atoms with E-state index in [1.807, 2.05) is 41.6 Å². The van der Waals surface area contributed by atoms with Crippen LogP contribution in [0.25, 0.3) is 44.9 Å². The van der Waals surface area contributed by atoms with Gasteiger partial charge in [-0.15, -0.1) is 0 Å². The van der Waals surface area contributed by atoms with Crippen molar-refractivity contribution < 1.29 is 17.7 Å². The van der Waals surface area contributed by atoms with Crippen molar-refractivity contribution in [2.45, 2.75) is 12.6 Å². The zero-order valence-electron chi connectivity index (χ0n) is 17.4. The van der Waals surface area contributed by atoms with E-state index >= 15 is 0 Å². The van der Waals surface area contributed by atoms with Gasteiger partial charge in [-0.1, -0.05) is 60.6 Å². The van der Waals surface area contributed by atoms with E-state index in [0.29, 0.717) is 17.8 Å². The third kappa shape index (κ3) is 3.91. The first-order valence-corrected chi connectivity index (χ1v) is 10.3. The maximum absolute atomic E-state index is 13.9. The summed E-state index contributed by atoms with van der Waals surface area (Å²) in [5, 5.41) is 4.95. The number of aromatic nitrogens is 3. The van der Waals surface area contributed by atoms with Crippen LogP contribution in [0.15, 0.2) is 83.5 Å². The summed E-state index contributed by atoms with van der Waals surface area (Å²) in [6, 6.07) is 20.1. The lowest BCUT2D eigenvalue weighted by atomic mass is 9.97. The van der Waals surface area contributed by atoms with Crippen LogP contribution in [0, 0.1) is 13.5 Å². The second-order valence-corrected chi connectivity index (χ2v) is 7.48. The molecule has 4 nitrogen and oxygen atoms in total. The first-order chi connectivity index (χ1) is 16.0. The van der Waals surface area contributed by atoms with E-state index in [2.05, 4.69) is 17.1 Å². The van der Waals surface area contributed by atoms with Crippen molar-refractivity contribution in [1.82, 2.24) is 14.7 Å². The van der Waals surface area contributed by atoms with Gasteiger partial charge in [0.1, 0.15) is 0 Å². The largest absolute Gasteiger partial charge is 0.417 e. The Morgan fingerprint density at radius 3 is 2.48 bits per heavy atom. The SMILES string of the molecule is [CH2]C[CH]n1ccc2c(-c3noc(-c4ccc(-c5ccccc5)c(C(F)(F)F)c4)n3)cccc21. The van der Waals surface area contributed by atoms with Gasteiger partial charge in [0.15, 0.2) is 0 Å². The van der Waals surface area contributed by atoms with E-state index in [-0.39, 0.29) is 17.0 Å². The molecule has 0 N–H and O–H groups in total. The fraction of sp³-hybridized carbons (Fsp3) is 0.0769. The Morgan fingerprint density at radius 1 is 0.909 bits per heavy atom. The standard InChI is InChI=1S/C26H18F3N3O/c1-2-14-32-15-13-20-21(9-6-10-23(20)32)24-30-25(33-31-24)18-11-12-19(17-7-4-3-5-8-17)22(16-18)26(27,28)29/h3-16H,1-2H2.